The van der Waals surface area contributed by atoms with Crippen LogP contribution in [-0.4, -0.2) is 47.4 Å². The van der Waals surface area contributed by atoms with Gasteiger partial charge in [-0.3, -0.25) is 9.20 Å². The number of nitrogens with zero attached hydrogens (tertiary/aromatic N) is 1. The first kappa shape index (κ1) is 20.7. The van der Waals surface area contributed by atoms with E-state index in [1.54, 1.807) is 7.11 Å². The van der Waals surface area contributed by atoms with Gasteiger partial charge in [-0.25, -0.2) is 0 Å². The average molecular weight is 380 g/mol. The van der Waals surface area contributed by atoms with Gasteiger partial charge in [0.25, 0.3) is 0 Å². The summed E-state index contributed by atoms with van der Waals surface area (Å²) < 4.78 is 17.3. The predicted molar refractivity (Wildman–Crippen MR) is 111 cm³/mol. The highest BCUT2D eigenvalue weighted by Gasteiger charge is 2.25. The lowest BCUT2D eigenvalue weighted by Gasteiger charge is -2.30. The molecule has 0 amide bonds. The molecule has 1 aliphatic rings. The first-order chi connectivity index (χ1) is 12.7. The molecular formula is C20H33N3O2S. The lowest BCUT2D eigenvalue weighted by molar-refractivity contribution is 0.413. The Bertz CT molecular complexity index is 589. The highest BCUT2D eigenvalue weighted by molar-refractivity contribution is 7.85. The Hall–Kier alpha value is -1.56. The van der Waals surface area contributed by atoms with Crippen molar-refractivity contribution >= 4 is 16.8 Å². The zero-order valence-electron chi connectivity index (χ0n) is 16.3. The summed E-state index contributed by atoms with van der Waals surface area (Å²) in [6.45, 7) is 5.67. The smallest absolute Gasteiger partial charge is 0.191 e. The Kier molecular flexibility index (Phi) is 8.95. The molecule has 146 valence electrons. The normalized spacial score (nSPS) is 21.9. The SMILES string of the molecule is CCNC(=NCCc1ccc(OC)cc1)NC1CCCC(S(=O)CC)C1. The number of nitrogens with one attached hydrogen (secondary N) is 2. The van der Waals surface area contributed by atoms with Crippen molar-refractivity contribution < 1.29 is 8.95 Å². The molecule has 0 saturated heterocycles. The molecule has 26 heavy (non-hydrogen) atoms. The van der Waals surface area contributed by atoms with Crippen molar-refractivity contribution in [1.29, 1.82) is 0 Å². The van der Waals surface area contributed by atoms with E-state index in [1.807, 2.05) is 19.1 Å². The molecule has 0 aliphatic heterocycles. The van der Waals surface area contributed by atoms with Gasteiger partial charge in [-0.2, -0.15) is 0 Å². The minimum atomic E-state index is -0.696. The van der Waals surface area contributed by atoms with Crippen LogP contribution in [0.3, 0.4) is 0 Å². The van der Waals surface area contributed by atoms with E-state index in [9.17, 15) is 4.21 Å². The van der Waals surface area contributed by atoms with E-state index in [-0.39, 0.29) is 0 Å². The van der Waals surface area contributed by atoms with Crippen molar-refractivity contribution in [1.82, 2.24) is 10.6 Å². The van der Waals surface area contributed by atoms with Crippen molar-refractivity contribution in [3.05, 3.63) is 29.8 Å². The number of hydrogen-bond acceptors (Lipinski definition) is 3. The monoisotopic (exact) mass is 379 g/mol. The van der Waals surface area contributed by atoms with Crippen LogP contribution in [0.15, 0.2) is 29.3 Å². The number of aliphatic imine (C=N–C) groups is 1. The number of rotatable bonds is 8. The highest BCUT2D eigenvalue weighted by atomic mass is 32.2. The third kappa shape index (κ3) is 6.63. The van der Waals surface area contributed by atoms with Crippen molar-refractivity contribution in [2.45, 2.75) is 57.2 Å². The zero-order valence-corrected chi connectivity index (χ0v) is 17.1. The van der Waals surface area contributed by atoms with Gasteiger partial charge in [0.1, 0.15) is 5.75 Å². The number of methoxy groups -OCH3 is 1. The topological polar surface area (TPSA) is 62.7 Å². The number of ether oxygens (including phenoxy) is 1. The van der Waals surface area contributed by atoms with E-state index >= 15 is 0 Å². The Morgan fingerprint density at radius 3 is 2.69 bits per heavy atom. The first-order valence-corrected chi connectivity index (χ1v) is 11.1. The Morgan fingerprint density at radius 1 is 1.27 bits per heavy atom. The van der Waals surface area contributed by atoms with E-state index in [2.05, 4.69) is 29.7 Å². The van der Waals surface area contributed by atoms with Gasteiger partial charge >= 0.3 is 0 Å². The van der Waals surface area contributed by atoms with Gasteiger partial charge in [0, 0.05) is 40.9 Å². The number of benzene rings is 1. The van der Waals surface area contributed by atoms with E-state index in [0.29, 0.717) is 11.3 Å². The molecule has 1 aliphatic carbocycles. The second-order valence-corrected chi connectivity index (χ2v) is 8.66. The summed E-state index contributed by atoms with van der Waals surface area (Å²) in [5, 5.41) is 7.22. The van der Waals surface area contributed by atoms with E-state index in [4.69, 9.17) is 9.73 Å². The fraction of sp³-hybridized carbons (Fsp3) is 0.650. The van der Waals surface area contributed by atoms with Gasteiger partial charge in [0.2, 0.25) is 0 Å². The quantitative estimate of drug-likeness (QED) is 0.539. The molecule has 0 spiro atoms. The number of guanidine groups is 1. The maximum Gasteiger partial charge on any atom is 0.191 e. The molecule has 3 unspecified atom stereocenters. The van der Waals surface area contributed by atoms with Gasteiger partial charge in [-0.1, -0.05) is 25.5 Å². The molecule has 2 rings (SSSR count). The van der Waals surface area contributed by atoms with Crippen LogP contribution in [0, 0.1) is 0 Å². The van der Waals surface area contributed by atoms with Gasteiger partial charge in [0.15, 0.2) is 5.96 Å². The predicted octanol–water partition coefficient (Wildman–Crippen LogP) is 2.87. The molecule has 0 radical (unpaired) electrons. The van der Waals surface area contributed by atoms with Gasteiger partial charge in [-0.05, 0) is 50.3 Å². The minimum absolute atomic E-state index is 0.327. The molecule has 1 aromatic carbocycles. The van der Waals surface area contributed by atoms with Crippen LogP contribution in [0.5, 0.6) is 5.75 Å². The summed E-state index contributed by atoms with van der Waals surface area (Å²) >= 11 is 0. The summed E-state index contributed by atoms with van der Waals surface area (Å²) in [5.74, 6) is 2.51. The molecule has 1 saturated carbocycles. The molecule has 1 aromatic rings. The van der Waals surface area contributed by atoms with Gasteiger partial charge < -0.3 is 15.4 Å². The molecule has 0 heterocycles. The van der Waals surface area contributed by atoms with Crippen LogP contribution < -0.4 is 15.4 Å². The van der Waals surface area contributed by atoms with Crippen LogP contribution in [-0.2, 0) is 17.2 Å². The summed E-state index contributed by atoms with van der Waals surface area (Å²) in [5.41, 5.74) is 1.25. The first-order valence-electron chi connectivity index (χ1n) is 9.71. The fourth-order valence-electron chi connectivity index (χ4n) is 3.35. The Balaban J connectivity index is 1.87. The van der Waals surface area contributed by atoms with Crippen LogP contribution in [0.4, 0.5) is 0 Å². The van der Waals surface area contributed by atoms with Gasteiger partial charge in [0.05, 0.1) is 7.11 Å². The fourth-order valence-corrected chi connectivity index (χ4v) is 4.70. The van der Waals surface area contributed by atoms with E-state index in [1.165, 1.54) is 5.56 Å². The number of hydrogen-bond donors (Lipinski definition) is 2. The average Bonchev–Trinajstić information content (AvgIpc) is 2.68. The third-order valence-electron chi connectivity index (χ3n) is 4.80. The molecule has 6 heteroatoms. The van der Waals surface area contributed by atoms with Crippen molar-refractivity contribution in [3.63, 3.8) is 0 Å². The molecule has 0 bridgehead atoms. The molecule has 3 atom stereocenters. The Morgan fingerprint density at radius 2 is 2.04 bits per heavy atom. The van der Waals surface area contributed by atoms with Crippen LogP contribution >= 0.6 is 0 Å². The van der Waals surface area contributed by atoms with E-state index in [0.717, 1.165) is 62.7 Å². The third-order valence-corrected chi connectivity index (χ3v) is 6.54. The molecule has 2 N–H and O–H groups in total. The summed E-state index contributed by atoms with van der Waals surface area (Å²) in [6.07, 6.45) is 5.22. The highest BCUT2D eigenvalue weighted by Crippen LogP contribution is 2.23. The van der Waals surface area contributed by atoms with Crippen molar-refractivity contribution in [2.75, 3.05) is 26.0 Å². The summed E-state index contributed by atoms with van der Waals surface area (Å²) in [6, 6.07) is 8.50. The zero-order chi connectivity index (χ0) is 18.8. The largest absolute Gasteiger partial charge is 0.497 e. The Labute approximate surface area is 160 Å². The molecule has 5 nitrogen and oxygen atoms in total. The maximum absolute atomic E-state index is 12.1. The van der Waals surface area contributed by atoms with Crippen LogP contribution in [0.1, 0.15) is 45.1 Å². The summed E-state index contributed by atoms with van der Waals surface area (Å²) in [4.78, 5) is 4.72. The lowest BCUT2D eigenvalue weighted by atomic mass is 9.95. The molecule has 1 fully saturated rings. The second kappa shape index (κ2) is 11.2. The second-order valence-electron chi connectivity index (χ2n) is 6.66. The van der Waals surface area contributed by atoms with Crippen LogP contribution in [0.2, 0.25) is 0 Å². The standard InChI is InChI=1S/C20H33N3O2S/c1-4-21-20(22-14-13-16-9-11-18(25-3)12-10-16)23-17-7-6-8-19(15-17)26(24)5-2/h9-12,17,19H,4-8,13-15H2,1-3H3,(H2,21,22,23). The minimum Gasteiger partial charge on any atom is -0.497 e. The van der Waals surface area contributed by atoms with Gasteiger partial charge in [-0.15, -0.1) is 0 Å². The molecule has 0 aromatic heterocycles. The summed E-state index contributed by atoms with van der Waals surface area (Å²) in [7, 11) is 0.984. The maximum atomic E-state index is 12.1. The van der Waals surface area contributed by atoms with Crippen LogP contribution in [0.25, 0.3) is 0 Å². The molecular weight excluding hydrogens is 346 g/mol. The van der Waals surface area contributed by atoms with Crippen molar-refractivity contribution in [2.24, 2.45) is 4.99 Å². The lowest BCUT2D eigenvalue weighted by Crippen LogP contribution is -2.46. The van der Waals surface area contributed by atoms with E-state index < -0.39 is 10.8 Å². The van der Waals surface area contributed by atoms with Crippen molar-refractivity contribution in [3.8, 4) is 5.75 Å².